The van der Waals surface area contributed by atoms with Crippen molar-refractivity contribution in [2.75, 3.05) is 0 Å². The Morgan fingerprint density at radius 1 is 1.00 bits per heavy atom. The van der Waals surface area contributed by atoms with Gasteiger partial charge in [0.1, 0.15) is 23.6 Å². The van der Waals surface area contributed by atoms with Gasteiger partial charge in [-0.15, -0.1) is 10.2 Å². The Morgan fingerprint density at radius 2 is 1.70 bits per heavy atom. The molecule has 0 saturated carbocycles. The second-order valence-electron chi connectivity index (χ2n) is 10.2. The fourth-order valence-electron chi connectivity index (χ4n) is 4.06. The van der Waals surface area contributed by atoms with Crippen LogP contribution >= 0.6 is 0 Å². The Balaban J connectivity index is 1.86. The van der Waals surface area contributed by atoms with Crippen LogP contribution in [0.3, 0.4) is 0 Å². The number of aromatic nitrogens is 5. The number of rotatable bonds is 5. The molecule has 40 heavy (non-hydrogen) atoms. The third-order valence-electron chi connectivity index (χ3n) is 6.20. The van der Waals surface area contributed by atoms with Crippen molar-refractivity contribution < 1.29 is 35.9 Å². The average Bonchev–Trinajstić information content (AvgIpc) is 3.54. The van der Waals surface area contributed by atoms with E-state index in [-0.39, 0.29) is 39.5 Å². The maximum Gasteiger partial charge on any atom is 0.459 e. The summed E-state index contributed by atoms with van der Waals surface area (Å²) >= 11 is 0. The fraction of sp³-hybridized carbons (Fsp3) is 0.296. The number of nitrogens with zero attached hydrogens (tertiary/aromatic N) is 5. The highest BCUT2D eigenvalue weighted by molar-refractivity contribution is 5.95. The van der Waals surface area contributed by atoms with Gasteiger partial charge in [-0.2, -0.15) is 22.0 Å². The minimum Gasteiger partial charge on any atom is -0.459 e. The van der Waals surface area contributed by atoms with E-state index in [9.17, 15) is 26.7 Å². The molecule has 0 unspecified atom stereocenters. The standard InChI is InChI=1S/C27H22F5N5O3/c1-14-5-7-15(8-6-14)17-11-19(26(28,29)27(30,31)32)34-22-16(17)9-10-20-35-21(23-36-33-13-40-23)18(37(20)22)12-39-24(38)25(2,3)4/h5-11,13H,12H2,1-4H3. The summed E-state index contributed by atoms with van der Waals surface area (Å²) in [5.74, 6) is -5.93. The summed E-state index contributed by atoms with van der Waals surface area (Å²) in [6.07, 6.45) is -4.86. The van der Waals surface area contributed by atoms with E-state index in [0.717, 1.165) is 18.0 Å². The minimum absolute atomic E-state index is 0.0541. The quantitative estimate of drug-likeness (QED) is 0.176. The number of hydrogen-bond acceptors (Lipinski definition) is 7. The predicted molar refractivity (Wildman–Crippen MR) is 133 cm³/mol. The molecule has 0 fully saturated rings. The highest BCUT2D eigenvalue weighted by Gasteiger charge is 2.60. The summed E-state index contributed by atoms with van der Waals surface area (Å²) in [5.41, 5.74) is -1.01. The molecule has 4 aromatic heterocycles. The van der Waals surface area contributed by atoms with Crippen molar-refractivity contribution in [2.24, 2.45) is 5.41 Å². The molecule has 0 radical (unpaired) electrons. The number of hydrogen-bond donors (Lipinski definition) is 0. The van der Waals surface area contributed by atoms with Gasteiger partial charge in [-0.1, -0.05) is 29.8 Å². The fourth-order valence-corrected chi connectivity index (χ4v) is 4.06. The van der Waals surface area contributed by atoms with Gasteiger partial charge in [0, 0.05) is 5.39 Å². The van der Waals surface area contributed by atoms with E-state index >= 15 is 0 Å². The second kappa shape index (κ2) is 9.35. The lowest BCUT2D eigenvalue weighted by molar-refractivity contribution is -0.290. The van der Waals surface area contributed by atoms with Crippen LogP contribution in [0.2, 0.25) is 0 Å². The lowest BCUT2D eigenvalue weighted by Crippen LogP contribution is -2.34. The van der Waals surface area contributed by atoms with E-state index < -0.39 is 35.8 Å². The average molecular weight is 559 g/mol. The Labute approximate surface area is 223 Å². The first-order chi connectivity index (χ1) is 18.7. The summed E-state index contributed by atoms with van der Waals surface area (Å²) in [5, 5.41) is 7.73. The van der Waals surface area contributed by atoms with E-state index in [4.69, 9.17) is 9.15 Å². The van der Waals surface area contributed by atoms with E-state index in [1.165, 1.54) is 16.5 Å². The van der Waals surface area contributed by atoms with Gasteiger partial charge in [0.25, 0.3) is 5.89 Å². The molecule has 208 valence electrons. The summed E-state index contributed by atoms with van der Waals surface area (Å²) in [7, 11) is 0. The van der Waals surface area contributed by atoms with Gasteiger partial charge in [-0.05, 0) is 57.0 Å². The molecular formula is C27H22F5N5O3. The number of ether oxygens (including phenoxy) is 1. The molecule has 0 spiro atoms. The van der Waals surface area contributed by atoms with Gasteiger partial charge in [-0.25, -0.2) is 9.97 Å². The molecule has 13 heteroatoms. The van der Waals surface area contributed by atoms with Crippen LogP contribution in [0, 0.1) is 12.3 Å². The third kappa shape index (κ3) is 4.65. The van der Waals surface area contributed by atoms with Crippen LogP contribution in [0.4, 0.5) is 22.0 Å². The number of imidazole rings is 1. The highest BCUT2D eigenvalue weighted by Crippen LogP contribution is 2.45. The molecule has 0 aliphatic heterocycles. The Morgan fingerprint density at radius 3 is 2.30 bits per heavy atom. The zero-order chi connectivity index (χ0) is 29.0. The van der Waals surface area contributed by atoms with Crippen LogP contribution in [0.5, 0.6) is 0 Å². The van der Waals surface area contributed by atoms with Crippen LogP contribution in [0.1, 0.15) is 37.7 Å². The van der Waals surface area contributed by atoms with Crippen LogP contribution in [0.25, 0.3) is 39.4 Å². The molecule has 0 aliphatic rings. The zero-order valence-electron chi connectivity index (χ0n) is 21.7. The van der Waals surface area contributed by atoms with E-state index in [0.29, 0.717) is 5.56 Å². The number of alkyl halides is 5. The van der Waals surface area contributed by atoms with E-state index in [2.05, 4.69) is 20.2 Å². The summed E-state index contributed by atoms with van der Waals surface area (Å²) in [4.78, 5) is 20.8. The number of esters is 1. The van der Waals surface area contributed by atoms with Gasteiger partial charge in [0.2, 0.25) is 6.39 Å². The van der Waals surface area contributed by atoms with Crippen molar-refractivity contribution in [2.45, 2.75) is 46.4 Å². The highest BCUT2D eigenvalue weighted by atomic mass is 19.4. The van der Waals surface area contributed by atoms with Crippen molar-refractivity contribution in [1.29, 1.82) is 0 Å². The molecule has 0 bridgehead atoms. The van der Waals surface area contributed by atoms with Gasteiger partial charge >= 0.3 is 18.1 Å². The number of aryl methyl sites for hydroxylation is 1. The smallest absolute Gasteiger partial charge is 0.459 e. The molecule has 4 heterocycles. The summed E-state index contributed by atoms with van der Waals surface area (Å²) in [6.45, 7) is 6.30. The van der Waals surface area contributed by atoms with Crippen molar-refractivity contribution in [1.82, 2.24) is 24.6 Å². The Hall–Kier alpha value is -4.42. The number of carbonyl (C=O) groups excluding carboxylic acids is 1. The van der Waals surface area contributed by atoms with E-state index in [1.54, 1.807) is 45.0 Å². The molecule has 0 aliphatic carbocycles. The number of fused-ring (bicyclic) bond motifs is 3. The summed E-state index contributed by atoms with van der Waals surface area (Å²) < 4.78 is 82.1. The maximum atomic E-state index is 14.7. The first-order valence-electron chi connectivity index (χ1n) is 12.0. The van der Waals surface area contributed by atoms with Crippen LogP contribution in [-0.2, 0) is 22.1 Å². The summed E-state index contributed by atoms with van der Waals surface area (Å²) in [6, 6.07) is 10.5. The van der Waals surface area contributed by atoms with Gasteiger partial charge in [-0.3, -0.25) is 9.20 Å². The predicted octanol–water partition coefficient (Wildman–Crippen LogP) is 6.65. The lowest BCUT2D eigenvalue weighted by atomic mass is 9.97. The number of halogens is 5. The molecule has 5 aromatic rings. The monoisotopic (exact) mass is 559 g/mol. The van der Waals surface area contributed by atoms with Gasteiger partial charge < -0.3 is 9.15 Å². The molecule has 0 saturated heterocycles. The topological polar surface area (TPSA) is 95.4 Å². The van der Waals surface area contributed by atoms with Crippen molar-refractivity contribution in [3.8, 4) is 22.7 Å². The van der Waals surface area contributed by atoms with Gasteiger partial charge in [0.05, 0.1) is 11.1 Å². The largest absolute Gasteiger partial charge is 0.459 e. The number of carbonyl (C=O) groups is 1. The first kappa shape index (κ1) is 27.2. The molecule has 0 amide bonds. The molecule has 5 rings (SSSR count). The SMILES string of the molecule is Cc1ccc(-c2cc(C(F)(F)C(F)(F)F)nc3c2ccc2nc(-c4nnco4)c(COC(=O)C(C)(C)C)n23)cc1. The Bertz CT molecular complexity index is 1720. The maximum absolute atomic E-state index is 14.7. The van der Waals surface area contributed by atoms with Gasteiger partial charge in [0.15, 0.2) is 5.69 Å². The van der Waals surface area contributed by atoms with Crippen molar-refractivity contribution >= 4 is 22.6 Å². The molecule has 0 atom stereocenters. The zero-order valence-corrected chi connectivity index (χ0v) is 21.7. The molecule has 8 nitrogen and oxygen atoms in total. The normalized spacial score (nSPS) is 12.8. The molecule has 1 aromatic carbocycles. The minimum atomic E-state index is -5.90. The molecule has 0 N–H and O–H groups in total. The lowest BCUT2D eigenvalue weighted by Gasteiger charge is -2.21. The van der Waals surface area contributed by atoms with Crippen LogP contribution in [0.15, 0.2) is 53.3 Å². The van der Waals surface area contributed by atoms with E-state index in [1.807, 2.05) is 6.92 Å². The second-order valence-corrected chi connectivity index (χ2v) is 10.2. The van der Waals surface area contributed by atoms with Crippen LogP contribution in [-0.4, -0.2) is 36.7 Å². The molecular weight excluding hydrogens is 537 g/mol. The first-order valence-corrected chi connectivity index (χ1v) is 12.0. The van der Waals surface area contributed by atoms with Crippen molar-refractivity contribution in [3.05, 3.63) is 65.8 Å². The number of pyridine rings is 2. The Kier molecular flexibility index (Phi) is 6.35. The van der Waals surface area contributed by atoms with Crippen molar-refractivity contribution in [3.63, 3.8) is 0 Å². The number of benzene rings is 1. The third-order valence-corrected chi connectivity index (χ3v) is 6.20. The van der Waals surface area contributed by atoms with Crippen LogP contribution < -0.4 is 0 Å².